The summed E-state index contributed by atoms with van der Waals surface area (Å²) in [5, 5.41) is 7.88. The second kappa shape index (κ2) is 11.0. The molecule has 0 amide bonds. The molecule has 0 spiro atoms. The maximum atomic E-state index is 4.82. The monoisotopic (exact) mass is 380 g/mol. The van der Waals surface area contributed by atoms with Gasteiger partial charge in [0, 0.05) is 11.4 Å². The number of aryl methyl sites for hydroxylation is 2. The van der Waals surface area contributed by atoms with Crippen LogP contribution in [0, 0.1) is 0 Å². The topological polar surface area (TPSA) is 69.0 Å². The molecule has 148 valence electrons. The smallest absolute Gasteiger partial charge is 0.106 e. The van der Waals surface area contributed by atoms with E-state index in [0.717, 1.165) is 59.9 Å². The van der Waals surface area contributed by atoms with Gasteiger partial charge < -0.3 is 9.68 Å². The highest BCUT2D eigenvalue weighted by Gasteiger charge is 2.05. The molecule has 0 unspecified atom stereocenters. The molecule has 0 N–H and O–H groups in total. The quantitative estimate of drug-likeness (QED) is 0.349. The number of hydrogen-bond acceptors (Lipinski definition) is 6. The Balaban J connectivity index is 1.88. The summed E-state index contributed by atoms with van der Waals surface area (Å²) in [7, 11) is 3.07. The largest absolute Gasteiger partial charge is 0.399 e. The molecule has 2 rings (SSSR count). The Morgan fingerprint density at radius 1 is 0.821 bits per heavy atom. The second-order valence-corrected chi connectivity index (χ2v) is 6.50. The normalized spacial score (nSPS) is 12.0. The lowest BCUT2D eigenvalue weighted by Gasteiger charge is -2.08. The van der Waals surface area contributed by atoms with E-state index in [1.54, 1.807) is 0 Å². The van der Waals surface area contributed by atoms with Gasteiger partial charge in [0.15, 0.2) is 0 Å². The number of aromatic nitrogens is 2. The van der Waals surface area contributed by atoms with Gasteiger partial charge in [-0.15, -0.1) is 0 Å². The molecular weight excluding hydrogens is 352 g/mol. The summed E-state index contributed by atoms with van der Waals surface area (Å²) < 4.78 is 0. The third-order valence-electron chi connectivity index (χ3n) is 4.28. The highest BCUT2D eigenvalue weighted by molar-refractivity contribution is 5.96. The first-order valence-corrected chi connectivity index (χ1v) is 9.28. The molecule has 0 aliphatic rings. The van der Waals surface area contributed by atoms with Gasteiger partial charge in [0.1, 0.15) is 25.6 Å². The molecule has 6 heteroatoms. The van der Waals surface area contributed by atoms with Crippen LogP contribution >= 0.6 is 0 Å². The van der Waals surface area contributed by atoms with Crippen molar-refractivity contribution in [3.63, 3.8) is 0 Å². The van der Waals surface area contributed by atoms with Gasteiger partial charge in [0.2, 0.25) is 0 Å². The van der Waals surface area contributed by atoms with Crippen LogP contribution in [0.25, 0.3) is 0 Å². The molecule has 0 atom stereocenters. The molecule has 0 saturated heterocycles. The van der Waals surface area contributed by atoms with Gasteiger partial charge in [-0.1, -0.05) is 34.6 Å². The van der Waals surface area contributed by atoms with Crippen LogP contribution in [-0.4, -0.2) is 35.6 Å². The van der Waals surface area contributed by atoms with E-state index in [1.165, 1.54) is 19.8 Å². The lowest BCUT2D eigenvalue weighted by atomic mass is 10.0. The number of rotatable bonds is 10. The molecule has 0 saturated carbocycles. The van der Waals surface area contributed by atoms with Crippen molar-refractivity contribution in [2.75, 3.05) is 14.2 Å². The third kappa shape index (κ3) is 6.61. The Morgan fingerprint density at radius 2 is 1.25 bits per heavy atom. The molecular formula is C22H28N4O2. The zero-order valence-corrected chi connectivity index (χ0v) is 17.1. The SMILES string of the molecule is C=C(CCc1cccc(C(C)=NOC)n1)CCc1cccc(C(C)=NOC)n1. The Hall–Kier alpha value is -3.02. The molecule has 0 aliphatic heterocycles. The fraction of sp³-hybridized carbons (Fsp3) is 0.364. The van der Waals surface area contributed by atoms with Crippen molar-refractivity contribution in [3.05, 3.63) is 71.3 Å². The molecule has 6 nitrogen and oxygen atoms in total. The Bertz CT molecular complexity index is 790. The van der Waals surface area contributed by atoms with Crippen molar-refractivity contribution < 1.29 is 9.68 Å². The Morgan fingerprint density at radius 3 is 1.64 bits per heavy atom. The van der Waals surface area contributed by atoms with Crippen molar-refractivity contribution in [3.8, 4) is 0 Å². The molecule has 28 heavy (non-hydrogen) atoms. The molecule has 2 heterocycles. The lowest BCUT2D eigenvalue weighted by Crippen LogP contribution is -2.03. The van der Waals surface area contributed by atoms with E-state index in [4.69, 9.17) is 9.68 Å². The summed E-state index contributed by atoms with van der Waals surface area (Å²) in [5.41, 5.74) is 6.43. The summed E-state index contributed by atoms with van der Waals surface area (Å²) in [6.45, 7) is 7.98. The van der Waals surface area contributed by atoms with Crippen molar-refractivity contribution in [1.29, 1.82) is 0 Å². The van der Waals surface area contributed by atoms with Crippen LogP contribution in [0.5, 0.6) is 0 Å². The van der Waals surface area contributed by atoms with E-state index in [1.807, 2.05) is 50.2 Å². The predicted molar refractivity (Wildman–Crippen MR) is 113 cm³/mol. The summed E-state index contributed by atoms with van der Waals surface area (Å²) in [5.74, 6) is 0. The minimum atomic E-state index is 0.765. The minimum absolute atomic E-state index is 0.765. The average molecular weight is 380 g/mol. The third-order valence-corrected chi connectivity index (χ3v) is 4.28. The van der Waals surface area contributed by atoms with Gasteiger partial charge in [-0.25, -0.2) is 0 Å². The first-order valence-electron chi connectivity index (χ1n) is 9.28. The number of oxime groups is 2. The van der Waals surface area contributed by atoms with Crippen LogP contribution in [0.4, 0.5) is 0 Å². The lowest BCUT2D eigenvalue weighted by molar-refractivity contribution is 0.213. The van der Waals surface area contributed by atoms with Crippen molar-refractivity contribution >= 4 is 11.4 Å². The standard InChI is InChI=1S/C22H28N4O2/c1-16(12-14-19-8-6-10-21(23-19)17(2)25-27-4)13-15-20-9-7-11-22(24-20)18(3)26-28-5/h6-11H,1,12-15H2,2-5H3. The summed E-state index contributed by atoms with van der Waals surface area (Å²) in [4.78, 5) is 18.9. The van der Waals surface area contributed by atoms with Gasteiger partial charge in [-0.05, 0) is 63.8 Å². The fourth-order valence-corrected chi connectivity index (χ4v) is 2.74. The maximum Gasteiger partial charge on any atom is 0.106 e. The van der Waals surface area contributed by atoms with E-state index in [9.17, 15) is 0 Å². The second-order valence-electron chi connectivity index (χ2n) is 6.50. The number of hydrogen-bond donors (Lipinski definition) is 0. The molecule has 2 aromatic heterocycles. The molecule has 0 radical (unpaired) electrons. The first-order chi connectivity index (χ1) is 13.5. The molecule has 0 bridgehead atoms. The highest BCUT2D eigenvalue weighted by Crippen LogP contribution is 2.14. The van der Waals surface area contributed by atoms with E-state index < -0.39 is 0 Å². The summed E-state index contributed by atoms with van der Waals surface area (Å²) in [6, 6.07) is 11.9. The zero-order chi connectivity index (χ0) is 20.4. The van der Waals surface area contributed by atoms with Crippen LogP contribution < -0.4 is 0 Å². The van der Waals surface area contributed by atoms with Crippen molar-refractivity contribution in [2.24, 2.45) is 10.3 Å². The van der Waals surface area contributed by atoms with Crippen LogP contribution in [0.2, 0.25) is 0 Å². The van der Waals surface area contributed by atoms with E-state index in [2.05, 4.69) is 26.9 Å². The Labute approximate surface area is 167 Å². The van der Waals surface area contributed by atoms with Gasteiger partial charge >= 0.3 is 0 Å². The fourth-order valence-electron chi connectivity index (χ4n) is 2.74. The zero-order valence-electron chi connectivity index (χ0n) is 17.1. The van der Waals surface area contributed by atoms with Crippen molar-refractivity contribution in [2.45, 2.75) is 39.5 Å². The van der Waals surface area contributed by atoms with Crippen molar-refractivity contribution in [1.82, 2.24) is 9.97 Å². The molecule has 0 fully saturated rings. The van der Waals surface area contributed by atoms with Gasteiger partial charge in [-0.2, -0.15) is 0 Å². The summed E-state index contributed by atoms with van der Waals surface area (Å²) in [6.07, 6.45) is 3.47. The van der Waals surface area contributed by atoms with E-state index in [-0.39, 0.29) is 0 Å². The minimum Gasteiger partial charge on any atom is -0.399 e. The number of allylic oxidation sites excluding steroid dienone is 1. The molecule has 0 aliphatic carbocycles. The first kappa shape index (κ1) is 21.3. The van der Waals surface area contributed by atoms with Crippen LogP contribution in [0.1, 0.15) is 49.5 Å². The number of pyridine rings is 2. The van der Waals surface area contributed by atoms with Crippen LogP contribution in [-0.2, 0) is 22.5 Å². The molecule has 2 aromatic rings. The van der Waals surface area contributed by atoms with E-state index in [0.29, 0.717) is 0 Å². The average Bonchev–Trinajstić information content (AvgIpc) is 2.71. The van der Waals surface area contributed by atoms with Crippen LogP contribution in [0.15, 0.2) is 58.9 Å². The maximum absolute atomic E-state index is 4.82. The van der Waals surface area contributed by atoms with E-state index >= 15 is 0 Å². The molecule has 0 aromatic carbocycles. The van der Waals surface area contributed by atoms with Gasteiger partial charge in [0.25, 0.3) is 0 Å². The number of nitrogens with zero attached hydrogens (tertiary/aromatic N) is 4. The van der Waals surface area contributed by atoms with Gasteiger partial charge in [-0.3, -0.25) is 9.97 Å². The highest BCUT2D eigenvalue weighted by atomic mass is 16.6. The predicted octanol–water partition coefficient (Wildman–Crippen LogP) is 4.34. The van der Waals surface area contributed by atoms with Gasteiger partial charge in [0.05, 0.1) is 11.4 Å². The summed E-state index contributed by atoms with van der Waals surface area (Å²) >= 11 is 0. The van der Waals surface area contributed by atoms with Crippen LogP contribution in [0.3, 0.4) is 0 Å². The Kier molecular flexibility index (Phi) is 8.34.